The van der Waals surface area contributed by atoms with E-state index in [1.165, 1.54) is 315 Å². The number of hydrogen-bond donors (Lipinski definition) is 9. The predicted molar refractivity (Wildman–Crippen MR) is 383 cm³/mol. The van der Waals surface area contributed by atoms with Crippen LogP contribution in [0.3, 0.4) is 0 Å². The molecule has 14 nitrogen and oxygen atoms in total. The average Bonchev–Trinajstić information content (AvgIpc) is 0.854. The second kappa shape index (κ2) is 64.1. The number of rotatable bonds is 69. The van der Waals surface area contributed by atoms with Gasteiger partial charge in [-0.1, -0.05) is 360 Å². The molecule has 2 saturated heterocycles. The molecule has 0 spiro atoms. The Hall–Kier alpha value is -1.27. The van der Waals surface area contributed by atoms with Gasteiger partial charge in [-0.2, -0.15) is 0 Å². The molecule has 0 aromatic heterocycles. The fraction of sp³-hybridized carbons (Fsp3) is 0.962. The Morgan fingerprint density at radius 3 is 1.02 bits per heavy atom. The lowest BCUT2D eigenvalue weighted by Crippen LogP contribution is -2.65. The minimum Gasteiger partial charge on any atom is -0.394 e. The first-order valence-electron chi connectivity index (χ1n) is 40.4. The number of hydrogen-bond acceptors (Lipinski definition) is 13. The summed E-state index contributed by atoms with van der Waals surface area (Å²) in [5, 5.41) is 87.8. The fourth-order valence-electron chi connectivity index (χ4n) is 13.8. The van der Waals surface area contributed by atoms with Gasteiger partial charge in [0.2, 0.25) is 5.91 Å². The molecule has 12 unspecified atom stereocenters. The molecule has 0 bridgehead atoms. The van der Waals surface area contributed by atoms with Crippen molar-refractivity contribution in [2.24, 2.45) is 0 Å². The molecular formula is C79H153NO13. The van der Waals surface area contributed by atoms with Crippen LogP contribution in [0.2, 0.25) is 0 Å². The molecule has 2 heterocycles. The lowest BCUT2D eigenvalue weighted by Gasteiger charge is -2.46. The zero-order chi connectivity index (χ0) is 67.3. The number of nitrogens with one attached hydrogen (secondary N) is 1. The van der Waals surface area contributed by atoms with E-state index >= 15 is 0 Å². The molecule has 2 rings (SSSR count). The summed E-state index contributed by atoms with van der Waals surface area (Å²) in [7, 11) is 0. The van der Waals surface area contributed by atoms with Crippen LogP contribution in [-0.4, -0.2) is 140 Å². The summed E-state index contributed by atoms with van der Waals surface area (Å²) in [6.45, 7) is 2.93. The Kier molecular flexibility index (Phi) is 60.6. The molecule has 1 amide bonds. The Labute approximate surface area is 571 Å². The molecular weight excluding hydrogens is 1170 g/mol. The van der Waals surface area contributed by atoms with E-state index in [-0.39, 0.29) is 12.5 Å². The lowest BCUT2D eigenvalue weighted by atomic mass is 9.97. The highest BCUT2D eigenvalue weighted by Gasteiger charge is 2.51. The number of unbranched alkanes of at least 4 members (excludes halogenated alkanes) is 54. The predicted octanol–water partition coefficient (Wildman–Crippen LogP) is 18.1. The monoisotopic (exact) mass is 1320 g/mol. The van der Waals surface area contributed by atoms with E-state index in [0.29, 0.717) is 12.8 Å². The van der Waals surface area contributed by atoms with Gasteiger partial charge in [0.1, 0.15) is 48.8 Å². The van der Waals surface area contributed by atoms with E-state index in [0.717, 1.165) is 51.4 Å². The van der Waals surface area contributed by atoms with Crippen molar-refractivity contribution in [3.8, 4) is 0 Å². The van der Waals surface area contributed by atoms with Crippen molar-refractivity contribution in [1.82, 2.24) is 5.32 Å². The molecule has 2 aliphatic heterocycles. The summed E-state index contributed by atoms with van der Waals surface area (Å²) >= 11 is 0. The number of aliphatic hydroxyl groups excluding tert-OH is 8. The van der Waals surface area contributed by atoms with Crippen LogP contribution in [0.5, 0.6) is 0 Å². The maximum atomic E-state index is 13.4. The second-order valence-electron chi connectivity index (χ2n) is 28.9. The van der Waals surface area contributed by atoms with E-state index in [9.17, 15) is 45.6 Å². The molecule has 12 atom stereocenters. The first kappa shape index (κ1) is 87.8. The first-order chi connectivity index (χ1) is 45.6. The summed E-state index contributed by atoms with van der Waals surface area (Å²) in [4.78, 5) is 13.4. The van der Waals surface area contributed by atoms with Crippen LogP contribution in [0, 0.1) is 0 Å². The van der Waals surface area contributed by atoms with Crippen LogP contribution in [0.25, 0.3) is 0 Å². The Morgan fingerprint density at radius 2 is 0.677 bits per heavy atom. The third-order valence-electron chi connectivity index (χ3n) is 20.2. The van der Waals surface area contributed by atoms with Crippen molar-refractivity contribution in [3.63, 3.8) is 0 Å². The molecule has 0 aliphatic carbocycles. The zero-order valence-electron chi connectivity index (χ0n) is 60.5. The van der Waals surface area contributed by atoms with Gasteiger partial charge in [0.05, 0.1) is 32.0 Å². The van der Waals surface area contributed by atoms with Crippen LogP contribution in [0.1, 0.15) is 393 Å². The van der Waals surface area contributed by atoms with Gasteiger partial charge in [-0.15, -0.1) is 0 Å². The quantitative estimate of drug-likeness (QED) is 0.0204. The first-order valence-corrected chi connectivity index (χ1v) is 40.4. The van der Waals surface area contributed by atoms with Gasteiger partial charge in [-0.25, -0.2) is 0 Å². The fourth-order valence-corrected chi connectivity index (χ4v) is 13.8. The van der Waals surface area contributed by atoms with E-state index in [1.807, 2.05) is 0 Å². The number of aliphatic hydroxyl groups is 8. The topological polar surface area (TPSA) is 228 Å². The number of amides is 1. The smallest absolute Gasteiger partial charge is 0.220 e. The van der Waals surface area contributed by atoms with Crippen LogP contribution < -0.4 is 5.32 Å². The normalized spacial score (nSPS) is 22.5. The third kappa shape index (κ3) is 47.4. The standard InChI is InChI=1S/C79H153NO13/c1-3-5-7-9-11-13-15-17-19-21-23-25-26-27-28-29-30-31-32-33-34-35-36-37-38-39-40-41-42-43-45-47-49-51-53-55-57-59-61-63-71(84)80-67(68(83)62-60-58-56-54-52-50-48-46-44-24-22-20-18-16-14-12-10-8-6-4-2)66-90-78-76(89)74(87)77(70(65-82)92-78)93-79-75(88)73(86)72(85)69(64-81)91-79/h21,23,67-70,72-79,81-83,85-89H,3-20,22,24-66H2,1-2H3,(H,80,84)/b23-21-. The van der Waals surface area contributed by atoms with E-state index in [1.54, 1.807) is 0 Å². The van der Waals surface area contributed by atoms with Crippen molar-refractivity contribution < 1.29 is 64.6 Å². The minimum atomic E-state index is -1.78. The maximum Gasteiger partial charge on any atom is 0.220 e. The number of ether oxygens (including phenoxy) is 4. The molecule has 0 aromatic rings. The van der Waals surface area contributed by atoms with E-state index in [2.05, 4.69) is 31.3 Å². The summed E-state index contributed by atoms with van der Waals surface area (Å²) < 4.78 is 23.0. The molecule has 9 N–H and O–H groups in total. The van der Waals surface area contributed by atoms with Gasteiger partial charge in [0, 0.05) is 6.42 Å². The summed E-state index contributed by atoms with van der Waals surface area (Å²) in [6.07, 6.45) is 64.1. The molecule has 2 fully saturated rings. The lowest BCUT2D eigenvalue weighted by molar-refractivity contribution is -0.359. The summed E-state index contributed by atoms with van der Waals surface area (Å²) in [5.74, 6) is -0.196. The van der Waals surface area contributed by atoms with Crippen LogP contribution >= 0.6 is 0 Å². The van der Waals surface area contributed by atoms with E-state index < -0.39 is 86.8 Å². The largest absolute Gasteiger partial charge is 0.394 e. The average molecular weight is 1330 g/mol. The van der Waals surface area contributed by atoms with Crippen LogP contribution in [0.4, 0.5) is 0 Å². The maximum absolute atomic E-state index is 13.4. The van der Waals surface area contributed by atoms with Crippen molar-refractivity contribution in [2.45, 2.75) is 466 Å². The van der Waals surface area contributed by atoms with Gasteiger partial charge in [-0.3, -0.25) is 4.79 Å². The zero-order valence-corrected chi connectivity index (χ0v) is 60.5. The highest BCUT2D eigenvalue weighted by atomic mass is 16.7. The minimum absolute atomic E-state index is 0.196. The van der Waals surface area contributed by atoms with Crippen LogP contribution in [-0.2, 0) is 23.7 Å². The Bertz CT molecular complexity index is 1610. The molecule has 0 saturated carbocycles. The number of carbonyl (C=O) groups excluding carboxylic acids is 1. The number of carbonyl (C=O) groups is 1. The van der Waals surface area contributed by atoms with Gasteiger partial charge in [0.25, 0.3) is 0 Å². The van der Waals surface area contributed by atoms with Crippen molar-refractivity contribution in [1.29, 1.82) is 0 Å². The van der Waals surface area contributed by atoms with Crippen molar-refractivity contribution >= 4 is 5.91 Å². The molecule has 93 heavy (non-hydrogen) atoms. The molecule has 0 radical (unpaired) electrons. The van der Waals surface area contributed by atoms with Crippen molar-refractivity contribution in [3.05, 3.63) is 12.2 Å². The highest BCUT2D eigenvalue weighted by molar-refractivity contribution is 5.76. The Morgan fingerprint density at radius 1 is 0.376 bits per heavy atom. The third-order valence-corrected chi connectivity index (χ3v) is 20.2. The highest BCUT2D eigenvalue weighted by Crippen LogP contribution is 2.30. The van der Waals surface area contributed by atoms with Crippen molar-refractivity contribution in [2.75, 3.05) is 19.8 Å². The van der Waals surface area contributed by atoms with Gasteiger partial charge < -0.3 is 65.1 Å². The molecule has 2 aliphatic rings. The Balaban J connectivity index is 1.55. The van der Waals surface area contributed by atoms with Gasteiger partial charge in [-0.05, 0) is 38.5 Å². The molecule has 0 aromatic carbocycles. The molecule has 14 heteroatoms. The van der Waals surface area contributed by atoms with E-state index in [4.69, 9.17) is 18.9 Å². The SMILES string of the molecule is CCCCCCCCCC/C=C\CCCCCCCCCCCCCCCCCCCCCCCCCCCCCC(=O)NC(COC1OC(CO)C(OC2OC(CO)C(O)C(O)C2O)C(O)C1O)C(O)CCCCCCCCCCCCCCCCCCCCCC. The molecule has 552 valence electrons. The number of allylic oxidation sites excluding steroid dienone is 2. The second-order valence-corrected chi connectivity index (χ2v) is 28.9. The summed E-state index contributed by atoms with van der Waals surface area (Å²) in [6, 6.07) is -0.826. The van der Waals surface area contributed by atoms with Crippen LogP contribution in [0.15, 0.2) is 12.2 Å². The summed E-state index contributed by atoms with van der Waals surface area (Å²) in [5.41, 5.74) is 0. The van der Waals surface area contributed by atoms with Gasteiger partial charge in [0.15, 0.2) is 12.6 Å². The van der Waals surface area contributed by atoms with Gasteiger partial charge >= 0.3 is 0 Å².